The Hall–Kier alpha value is -1.55. The van der Waals surface area contributed by atoms with E-state index >= 15 is 0 Å². The van der Waals surface area contributed by atoms with Crippen molar-refractivity contribution in [2.45, 2.75) is 12.5 Å². The first kappa shape index (κ1) is 11.0. The first-order valence-electron chi connectivity index (χ1n) is 4.69. The molecule has 0 saturated heterocycles. The van der Waals surface area contributed by atoms with E-state index in [1.807, 2.05) is 0 Å². The van der Waals surface area contributed by atoms with Gasteiger partial charge in [0.1, 0.15) is 0 Å². The predicted molar refractivity (Wildman–Crippen MR) is 56.4 cm³/mol. The third kappa shape index (κ3) is 1.88. The number of ether oxygens (including phenoxy) is 2. The summed E-state index contributed by atoms with van der Waals surface area (Å²) in [4.78, 5) is 22.8. The van der Waals surface area contributed by atoms with Gasteiger partial charge in [-0.05, 0) is 17.7 Å². The standard InChI is InChI=1S/C11H9ClO4/c1-15-11(14)9-4-6-2-3-7(12)5-8(6)10(13)16-9/h2-3,5,9H,4H2,1H3. The van der Waals surface area contributed by atoms with E-state index in [1.54, 1.807) is 12.1 Å². The fraction of sp³-hybridized carbons (Fsp3) is 0.273. The third-order valence-electron chi connectivity index (χ3n) is 2.41. The lowest BCUT2D eigenvalue weighted by atomic mass is 9.99. The van der Waals surface area contributed by atoms with Crippen LogP contribution in [0.15, 0.2) is 18.2 Å². The molecule has 0 fully saturated rings. The number of esters is 2. The van der Waals surface area contributed by atoms with E-state index in [4.69, 9.17) is 16.3 Å². The summed E-state index contributed by atoms with van der Waals surface area (Å²) in [5.74, 6) is -1.09. The molecular weight excluding hydrogens is 232 g/mol. The Morgan fingerprint density at radius 2 is 2.31 bits per heavy atom. The number of halogens is 1. The van der Waals surface area contributed by atoms with Crippen molar-refractivity contribution in [2.24, 2.45) is 0 Å². The van der Waals surface area contributed by atoms with Crippen molar-refractivity contribution in [3.05, 3.63) is 34.3 Å². The molecule has 0 bridgehead atoms. The monoisotopic (exact) mass is 240 g/mol. The molecule has 1 aromatic rings. The van der Waals surface area contributed by atoms with Crippen LogP contribution < -0.4 is 0 Å². The molecule has 0 aromatic heterocycles. The van der Waals surface area contributed by atoms with Crippen molar-refractivity contribution >= 4 is 23.5 Å². The summed E-state index contributed by atoms with van der Waals surface area (Å²) in [6.07, 6.45) is -0.531. The molecule has 5 heteroatoms. The van der Waals surface area contributed by atoms with E-state index in [2.05, 4.69) is 4.74 Å². The van der Waals surface area contributed by atoms with Gasteiger partial charge in [0.25, 0.3) is 0 Å². The highest BCUT2D eigenvalue weighted by Crippen LogP contribution is 2.24. The number of cyclic esters (lactones) is 1. The number of benzene rings is 1. The summed E-state index contributed by atoms with van der Waals surface area (Å²) in [7, 11) is 1.26. The van der Waals surface area contributed by atoms with Crippen LogP contribution in [-0.4, -0.2) is 25.2 Å². The maximum atomic E-state index is 11.6. The van der Waals surface area contributed by atoms with E-state index in [9.17, 15) is 9.59 Å². The molecule has 1 unspecified atom stereocenters. The van der Waals surface area contributed by atoms with E-state index in [-0.39, 0.29) is 0 Å². The van der Waals surface area contributed by atoms with E-state index < -0.39 is 18.0 Å². The summed E-state index contributed by atoms with van der Waals surface area (Å²) in [5.41, 5.74) is 1.16. The van der Waals surface area contributed by atoms with Crippen molar-refractivity contribution in [3.63, 3.8) is 0 Å². The zero-order chi connectivity index (χ0) is 11.7. The van der Waals surface area contributed by atoms with Crippen LogP contribution in [0.4, 0.5) is 0 Å². The van der Waals surface area contributed by atoms with Crippen molar-refractivity contribution in [1.82, 2.24) is 0 Å². The smallest absolute Gasteiger partial charge is 0.347 e. The maximum absolute atomic E-state index is 11.6. The molecule has 0 radical (unpaired) electrons. The second-order valence-corrected chi connectivity index (χ2v) is 3.86. The minimum Gasteiger partial charge on any atom is -0.466 e. The highest BCUT2D eigenvalue weighted by Gasteiger charge is 2.31. The van der Waals surface area contributed by atoms with Crippen LogP contribution in [0.2, 0.25) is 5.02 Å². The number of hydrogen-bond acceptors (Lipinski definition) is 4. The molecule has 16 heavy (non-hydrogen) atoms. The van der Waals surface area contributed by atoms with Crippen LogP contribution in [0.25, 0.3) is 0 Å². The Kier molecular flexibility index (Phi) is 2.83. The molecule has 0 amide bonds. The van der Waals surface area contributed by atoms with Gasteiger partial charge < -0.3 is 9.47 Å². The van der Waals surface area contributed by atoms with Gasteiger partial charge in [0.2, 0.25) is 6.10 Å². The molecule has 84 valence electrons. The molecule has 1 aliphatic heterocycles. The summed E-state index contributed by atoms with van der Waals surface area (Å²) in [5, 5.41) is 0.465. The molecule has 2 rings (SSSR count). The molecule has 1 aliphatic rings. The average Bonchev–Trinajstić information content (AvgIpc) is 2.28. The van der Waals surface area contributed by atoms with E-state index in [0.29, 0.717) is 17.0 Å². The Labute approximate surface area is 97.1 Å². The van der Waals surface area contributed by atoms with Gasteiger partial charge in [0, 0.05) is 11.4 Å². The maximum Gasteiger partial charge on any atom is 0.347 e. The van der Waals surface area contributed by atoms with Gasteiger partial charge in [-0.15, -0.1) is 0 Å². The third-order valence-corrected chi connectivity index (χ3v) is 2.65. The van der Waals surface area contributed by atoms with Crippen LogP contribution in [-0.2, 0) is 20.7 Å². The molecule has 1 aromatic carbocycles. The average molecular weight is 241 g/mol. The molecule has 4 nitrogen and oxygen atoms in total. The van der Waals surface area contributed by atoms with Crippen molar-refractivity contribution < 1.29 is 19.1 Å². The Morgan fingerprint density at radius 1 is 1.56 bits per heavy atom. The second-order valence-electron chi connectivity index (χ2n) is 3.42. The summed E-state index contributed by atoms with van der Waals surface area (Å²) in [6, 6.07) is 4.92. The number of fused-ring (bicyclic) bond motifs is 1. The van der Waals surface area contributed by atoms with E-state index in [0.717, 1.165) is 5.56 Å². The van der Waals surface area contributed by atoms with Crippen LogP contribution >= 0.6 is 11.6 Å². The van der Waals surface area contributed by atoms with Crippen molar-refractivity contribution in [3.8, 4) is 0 Å². The summed E-state index contributed by atoms with van der Waals surface area (Å²) in [6.45, 7) is 0. The lowest BCUT2D eigenvalue weighted by Gasteiger charge is -2.22. The molecule has 0 spiro atoms. The fourth-order valence-electron chi connectivity index (χ4n) is 1.61. The molecule has 1 atom stereocenters. The number of methoxy groups -OCH3 is 1. The highest BCUT2D eigenvalue weighted by atomic mass is 35.5. The largest absolute Gasteiger partial charge is 0.466 e. The van der Waals surface area contributed by atoms with Crippen LogP contribution in [0.1, 0.15) is 15.9 Å². The predicted octanol–water partition coefficient (Wildman–Crippen LogP) is 1.59. The lowest BCUT2D eigenvalue weighted by molar-refractivity contribution is -0.151. The van der Waals surface area contributed by atoms with Gasteiger partial charge in [0.15, 0.2) is 0 Å². The Morgan fingerprint density at radius 3 is 3.00 bits per heavy atom. The van der Waals surface area contributed by atoms with Gasteiger partial charge in [-0.1, -0.05) is 17.7 Å². The van der Waals surface area contributed by atoms with E-state index in [1.165, 1.54) is 13.2 Å². The van der Waals surface area contributed by atoms with Crippen LogP contribution in [0.5, 0.6) is 0 Å². The zero-order valence-corrected chi connectivity index (χ0v) is 9.28. The van der Waals surface area contributed by atoms with Crippen molar-refractivity contribution in [2.75, 3.05) is 7.11 Å². The fourth-order valence-corrected chi connectivity index (χ4v) is 1.79. The minimum atomic E-state index is -0.855. The topological polar surface area (TPSA) is 52.6 Å². The first-order valence-corrected chi connectivity index (χ1v) is 5.07. The Bertz CT molecular complexity index is 455. The van der Waals surface area contributed by atoms with Gasteiger partial charge in [0.05, 0.1) is 12.7 Å². The summed E-state index contributed by atoms with van der Waals surface area (Å²) >= 11 is 5.77. The molecule has 1 heterocycles. The van der Waals surface area contributed by atoms with Gasteiger partial charge in [-0.2, -0.15) is 0 Å². The summed E-state index contributed by atoms with van der Waals surface area (Å²) < 4.78 is 9.48. The van der Waals surface area contributed by atoms with Crippen molar-refractivity contribution in [1.29, 1.82) is 0 Å². The second kappa shape index (κ2) is 4.14. The SMILES string of the molecule is COC(=O)C1Cc2ccc(Cl)cc2C(=O)O1. The number of carbonyl (C=O) groups is 2. The van der Waals surface area contributed by atoms with Crippen LogP contribution in [0.3, 0.4) is 0 Å². The normalized spacial score (nSPS) is 18.6. The Balaban J connectivity index is 2.33. The zero-order valence-electron chi connectivity index (χ0n) is 8.53. The van der Waals surface area contributed by atoms with Gasteiger partial charge in [-0.25, -0.2) is 9.59 Å². The molecule has 0 saturated carbocycles. The highest BCUT2D eigenvalue weighted by molar-refractivity contribution is 6.31. The first-order chi connectivity index (χ1) is 7.61. The number of hydrogen-bond donors (Lipinski definition) is 0. The minimum absolute atomic E-state index is 0.324. The molecule has 0 aliphatic carbocycles. The quantitative estimate of drug-likeness (QED) is 0.700. The van der Waals surface area contributed by atoms with Crippen LogP contribution in [0, 0.1) is 0 Å². The lowest BCUT2D eigenvalue weighted by Crippen LogP contribution is -2.35. The van der Waals surface area contributed by atoms with Gasteiger partial charge >= 0.3 is 11.9 Å². The van der Waals surface area contributed by atoms with Gasteiger partial charge in [-0.3, -0.25) is 0 Å². The molecular formula is C11H9ClO4. The number of rotatable bonds is 1. The number of carbonyl (C=O) groups excluding carboxylic acids is 2. The molecule has 0 N–H and O–H groups in total.